The fourth-order valence-electron chi connectivity index (χ4n) is 2.23. The highest BCUT2D eigenvalue weighted by atomic mass is 16.5. The summed E-state index contributed by atoms with van der Waals surface area (Å²) >= 11 is 0. The Hall–Kier alpha value is -1.75. The second kappa shape index (κ2) is 4.86. The number of fused-ring (bicyclic) bond motifs is 1. The summed E-state index contributed by atoms with van der Waals surface area (Å²) in [6, 6.07) is 5.17. The quantitative estimate of drug-likeness (QED) is 0.846. The molecule has 5 nitrogen and oxygen atoms in total. The smallest absolute Gasteiger partial charge is 0.335 e. The van der Waals surface area contributed by atoms with E-state index in [1.54, 1.807) is 18.2 Å². The summed E-state index contributed by atoms with van der Waals surface area (Å²) in [5.41, 5.74) is 6.73. The van der Waals surface area contributed by atoms with Gasteiger partial charge in [-0.2, -0.15) is 0 Å². The molecule has 1 aliphatic rings. The van der Waals surface area contributed by atoms with Gasteiger partial charge >= 0.3 is 5.97 Å². The van der Waals surface area contributed by atoms with Crippen molar-refractivity contribution in [3.8, 4) is 5.75 Å². The molecule has 0 bridgehead atoms. The van der Waals surface area contributed by atoms with Gasteiger partial charge in [-0.1, -0.05) is 0 Å². The van der Waals surface area contributed by atoms with Gasteiger partial charge in [0, 0.05) is 7.05 Å². The average Bonchev–Trinajstić information content (AvgIpc) is 2.35. The summed E-state index contributed by atoms with van der Waals surface area (Å²) in [5, 5.41) is 8.98. The number of carbonyl (C=O) groups is 1. The van der Waals surface area contributed by atoms with E-state index in [1.165, 1.54) is 0 Å². The third kappa shape index (κ3) is 2.13. The summed E-state index contributed by atoms with van der Waals surface area (Å²) in [6.07, 6.45) is 0.749. The van der Waals surface area contributed by atoms with Gasteiger partial charge in [0.2, 0.25) is 0 Å². The van der Waals surface area contributed by atoms with E-state index in [-0.39, 0.29) is 17.7 Å². The van der Waals surface area contributed by atoms with Crippen molar-refractivity contribution in [2.45, 2.75) is 25.5 Å². The highest BCUT2D eigenvalue weighted by molar-refractivity contribution is 5.89. The fourth-order valence-corrected chi connectivity index (χ4v) is 2.23. The second-order valence-corrected chi connectivity index (χ2v) is 4.57. The highest BCUT2D eigenvalue weighted by Crippen LogP contribution is 2.36. The zero-order valence-electron chi connectivity index (χ0n) is 10.6. The van der Waals surface area contributed by atoms with Crippen LogP contribution in [0.4, 0.5) is 5.69 Å². The van der Waals surface area contributed by atoms with E-state index in [2.05, 4.69) is 11.8 Å². The van der Waals surface area contributed by atoms with Crippen molar-refractivity contribution in [2.75, 3.05) is 18.5 Å². The molecule has 5 heteroatoms. The number of carboxylic acid groups (broad SMARTS) is 1. The van der Waals surface area contributed by atoms with Gasteiger partial charge < -0.3 is 20.5 Å². The molecule has 1 aliphatic heterocycles. The van der Waals surface area contributed by atoms with Crippen LogP contribution in [0.25, 0.3) is 0 Å². The number of hydrogen-bond donors (Lipinski definition) is 2. The zero-order chi connectivity index (χ0) is 13.3. The van der Waals surface area contributed by atoms with Crippen molar-refractivity contribution >= 4 is 11.7 Å². The summed E-state index contributed by atoms with van der Waals surface area (Å²) < 4.78 is 5.86. The van der Waals surface area contributed by atoms with E-state index >= 15 is 0 Å². The van der Waals surface area contributed by atoms with Crippen LogP contribution in [0, 0.1) is 0 Å². The normalized spacial score (nSPS) is 22.3. The third-order valence-electron chi connectivity index (χ3n) is 3.47. The number of ether oxygens (including phenoxy) is 1. The average molecular weight is 250 g/mol. The largest absolute Gasteiger partial charge is 0.486 e. The van der Waals surface area contributed by atoms with Crippen LogP contribution in [0.1, 0.15) is 23.7 Å². The number of carboxylic acids is 1. The maximum Gasteiger partial charge on any atom is 0.335 e. The topological polar surface area (TPSA) is 75.8 Å². The molecular formula is C13H18N2O3. The van der Waals surface area contributed by atoms with Gasteiger partial charge in [0.15, 0.2) is 0 Å². The molecule has 1 aromatic rings. The standard InChI is InChI=1S/C13H18N2O3/c1-8-11(5-6-14)18-12-7-9(13(16)17)3-4-10(12)15(8)2/h3-4,7-8,11H,5-6,14H2,1-2H3,(H,16,17). The number of nitrogens with zero attached hydrogens (tertiary/aromatic N) is 1. The number of anilines is 1. The van der Waals surface area contributed by atoms with E-state index in [0.717, 1.165) is 12.1 Å². The maximum absolute atomic E-state index is 11.0. The lowest BCUT2D eigenvalue weighted by molar-refractivity contribution is 0.0695. The second-order valence-electron chi connectivity index (χ2n) is 4.57. The van der Waals surface area contributed by atoms with Crippen molar-refractivity contribution in [3.63, 3.8) is 0 Å². The van der Waals surface area contributed by atoms with Crippen LogP contribution >= 0.6 is 0 Å². The molecule has 1 aromatic carbocycles. The van der Waals surface area contributed by atoms with Crippen molar-refractivity contribution in [1.29, 1.82) is 0 Å². The molecule has 2 rings (SSSR count). The molecule has 1 heterocycles. The lowest BCUT2D eigenvalue weighted by Crippen LogP contribution is -2.46. The minimum absolute atomic E-state index is 0.00320. The number of nitrogens with two attached hydrogens (primary N) is 1. The summed E-state index contributed by atoms with van der Waals surface area (Å²) in [5.74, 6) is -0.327. The van der Waals surface area contributed by atoms with Crippen LogP contribution in [0.3, 0.4) is 0 Å². The van der Waals surface area contributed by atoms with Crippen LogP contribution in [0.2, 0.25) is 0 Å². The molecular weight excluding hydrogens is 232 g/mol. The minimum atomic E-state index is -0.946. The van der Waals surface area contributed by atoms with Crippen LogP contribution < -0.4 is 15.4 Å². The molecule has 3 N–H and O–H groups in total. The van der Waals surface area contributed by atoms with Crippen molar-refractivity contribution < 1.29 is 14.6 Å². The first-order valence-corrected chi connectivity index (χ1v) is 6.01. The Morgan fingerprint density at radius 2 is 2.28 bits per heavy atom. The van der Waals surface area contributed by atoms with Gasteiger partial charge in [-0.25, -0.2) is 4.79 Å². The molecule has 2 unspecified atom stereocenters. The Labute approximate surface area is 106 Å². The maximum atomic E-state index is 11.0. The molecule has 0 fully saturated rings. The number of benzene rings is 1. The first-order chi connectivity index (χ1) is 8.54. The molecule has 0 radical (unpaired) electrons. The molecule has 98 valence electrons. The molecule has 0 amide bonds. The van der Waals surface area contributed by atoms with Gasteiger partial charge in [0.1, 0.15) is 11.9 Å². The molecule has 0 spiro atoms. The van der Waals surface area contributed by atoms with Gasteiger partial charge in [-0.15, -0.1) is 0 Å². The number of likely N-dealkylation sites (N-methyl/N-ethyl adjacent to an activating group) is 1. The first kappa shape index (κ1) is 12.7. The molecule has 0 aromatic heterocycles. The van der Waals surface area contributed by atoms with Crippen molar-refractivity contribution in [2.24, 2.45) is 5.73 Å². The number of hydrogen-bond acceptors (Lipinski definition) is 4. The van der Waals surface area contributed by atoms with E-state index < -0.39 is 5.97 Å². The Kier molecular flexibility index (Phi) is 3.43. The molecule has 0 saturated carbocycles. The predicted octanol–water partition coefficient (Wildman–Crippen LogP) is 1.32. The SMILES string of the molecule is CC1C(CCN)Oc2cc(C(=O)O)ccc2N1C. The Morgan fingerprint density at radius 3 is 2.89 bits per heavy atom. The highest BCUT2D eigenvalue weighted by Gasteiger charge is 2.30. The van der Waals surface area contributed by atoms with Crippen LogP contribution in [-0.4, -0.2) is 36.8 Å². The minimum Gasteiger partial charge on any atom is -0.486 e. The molecule has 0 saturated heterocycles. The summed E-state index contributed by atoms with van der Waals surface area (Å²) in [4.78, 5) is 13.1. The predicted molar refractivity (Wildman–Crippen MR) is 69.4 cm³/mol. The third-order valence-corrected chi connectivity index (χ3v) is 3.47. The molecule has 2 atom stereocenters. The summed E-state index contributed by atoms with van der Waals surface area (Å²) in [7, 11) is 1.98. The fraction of sp³-hybridized carbons (Fsp3) is 0.462. The Balaban J connectivity index is 2.36. The van der Waals surface area contributed by atoms with Crippen LogP contribution in [0.15, 0.2) is 18.2 Å². The first-order valence-electron chi connectivity index (χ1n) is 6.01. The van der Waals surface area contributed by atoms with Crippen LogP contribution in [-0.2, 0) is 0 Å². The number of rotatable bonds is 3. The molecule has 0 aliphatic carbocycles. The monoisotopic (exact) mass is 250 g/mol. The van der Waals surface area contributed by atoms with Gasteiger partial charge in [-0.05, 0) is 38.1 Å². The van der Waals surface area contributed by atoms with E-state index in [4.69, 9.17) is 15.6 Å². The lowest BCUT2D eigenvalue weighted by atomic mass is 10.0. The Bertz CT molecular complexity index is 462. The van der Waals surface area contributed by atoms with E-state index in [9.17, 15) is 4.79 Å². The lowest BCUT2D eigenvalue weighted by Gasteiger charge is -2.39. The van der Waals surface area contributed by atoms with E-state index in [1.807, 2.05) is 7.05 Å². The summed E-state index contributed by atoms with van der Waals surface area (Å²) in [6.45, 7) is 2.63. The molecule has 18 heavy (non-hydrogen) atoms. The van der Waals surface area contributed by atoms with E-state index in [0.29, 0.717) is 12.3 Å². The van der Waals surface area contributed by atoms with Crippen molar-refractivity contribution in [1.82, 2.24) is 0 Å². The zero-order valence-corrected chi connectivity index (χ0v) is 10.6. The van der Waals surface area contributed by atoms with Gasteiger partial charge in [0.25, 0.3) is 0 Å². The van der Waals surface area contributed by atoms with Gasteiger partial charge in [0.05, 0.1) is 17.3 Å². The number of aromatic carboxylic acids is 1. The van der Waals surface area contributed by atoms with Crippen LogP contribution in [0.5, 0.6) is 5.75 Å². The van der Waals surface area contributed by atoms with Crippen molar-refractivity contribution in [3.05, 3.63) is 23.8 Å². The van der Waals surface area contributed by atoms with Gasteiger partial charge in [-0.3, -0.25) is 0 Å². The Morgan fingerprint density at radius 1 is 1.56 bits per heavy atom.